The number of thioether (sulfide) groups is 1. The van der Waals surface area contributed by atoms with E-state index >= 15 is 0 Å². The molecule has 1 unspecified atom stereocenters. The number of carbonyl (C=O) groups excluding carboxylic acids is 3. The molecule has 2 aromatic rings. The van der Waals surface area contributed by atoms with Gasteiger partial charge >= 0.3 is 0 Å². The summed E-state index contributed by atoms with van der Waals surface area (Å²) in [5, 5.41) is 2.91. The van der Waals surface area contributed by atoms with E-state index in [2.05, 4.69) is 5.32 Å². The Morgan fingerprint density at radius 1 is 1.12 bits per heavy atom. The van der Waals surface area contributed by atoms with Gasteiger partial charge in [0.05, 0.1) is 16.2 Å². The minimum absolute atomic E-state index is 0.0539. The summed E-state index contributed by atoms with van der Waals surface area (Å²) in [5.74, 6) is -0.920. The van der Waals surface area contributed by atoms with Crippen LogP contribution in [0.25, 0.3) is 5.57 Å². The van der Waals surface area contributed by atoms with Crippen molar-refractivity contribution in [1.82, 2.24) is 4.90 Å². The molecular formula is C25H25N3O3S2. The number of anilines is 2. The molecule has 3 amide bonds. The van der Waals surface area contributed by atoms with Crippen LogP contribution in [0.3, 0.4) is 0 Å². The smallest absolute Gasteiger partial charge is 0.267 e. The van der Waals surface area contributed by atoms with Crippen LogP contribution in [0.15, 0.2) is 47.4 Å². The van der Waals surface area contributed by atoms with E-state index in [0.717, 1.165) is 35.0 Å². The summed E-state index contributed by atoms with van der Waals surface area (Å²) in [4.78, 5) is 43.0. The lowest BCUT2D eigenvalue weighted by Gasteiger charge is -2.21. The van der Waals surface area contributed by atoms with Crippen LogP contribution in [0.5, 0.6) is 0 Å². The van der Waals surface area contributed by atoms with Crippen molar-refractivity contribution in [3.63, 3.8) is 0 Å². The molecule has 6 nitrogen and oxygen atoms in total. The predicted octanol–water partition coefficient (Wildman–Crippen LogP) is 4.66. The number of nitrogens with one attached hydrogen (secondary N) is 1. The number of thiocarbonyl (C=S) groups is 1. The highest BCUT2D eigenvalue weighted by Crippen LogP contribution is 2.45. The van der Waals surface area contributed by atoms with Gasteiger partial charge in [0.25, 0.3) is 11.8 Å². The minimum Gasteiger partial charge on any atom is -0.324 e. The van der Waals surface area contributed by atoms with Crippen LogP contribution in [-0.2, 0) is 14.4 Å². The molecule has 0 bridgehead atoms. The first-order valence-electron chi connectivity index (χ1n) is 10.8. The molecule has 2 heterocycles. The summed E-state index contributed by atoms with van der Waals surface area (Å²) in [6.45, 7) is 7.65. The summed E-state index contributed by atoms with van der Waals surface area (Å²) in [7, 11) is 0. The Kier molecular flexibility index (Phi) is 6.41. The van der Waals surface area contributed by atoms with E-state index in [4.69, 9.17) is 12.2 Å². The van der Waals surface area contributed by atoms with Gasteiger partial charge in [-0.3, -0.25) is 24.2 Å². The molecule has 8 heteroatoms. The first kappa shape index (κ1) is 23.2. The van der Waals surface area contributed by atoms with Gasteiger partial charge in [-0.25, -0.2) is 0 Å². The maximum Gasteiger partial charge on any atom is 0.267 e. The van der Waals surface area contributed by atoms with Crippen molar-refractivity contribution >= 4 is 63.0 Å². The van der Waals surface area contributed by atoms with Gasteiger partial charge in [0, 0.05) is 17.3 Å². The third-order valence-electron chi connectivity index (χ3n) is 5.95. The Labute approximate surface area is 203 Å². The van der Waals surface area contributed by atoms with E-state index in [-0.39, 0.29) is 30.3 Å². The number of nitrogens with zero attached hydrogens (tertiary/aromatic N) is 2. The van der Waals surface area contributed by atoms with E-state index in [9.17, 15) is 14.4 Å². The van der Waals surface area contributed by atoms with Gasteiger partial charge in [-0.1, -0.05) is 61.2 Å². The Hall–Kier alpha value is -2.97. The lowest BCUT2D eigenvalue weighted by atomic mass is 10.1. The summed E-state index contributed by atoms with van der Waals surface area (Å²) in [5.41, 5.74) is 4.26. The molecule has 170 valence electrons. The van der Waals surface area contributed by atoms with Crippen molar-refractivity contribution in [3.8, 4) is 0 Å². The number of carbonyl (C=O) groups is 3. The third kappa shape index (κ3) is 4.20. The normalized spacial score (nSPS) is 18.7. The number of hydrogen-bond donors (Lipinski definition) is 1. The molecule has 0 aliphatic carbocycles. The summed E-state index contributed by atoms with van der Waals surface area (Å²) in [6, 6.07) is 13.0. The lowest BCUT2D eigenvalue weighted by Crippen LogP contribution is -2.37. The maximum atomic E-state index is 13.5. The van der Waals surface area contributed by atoms with Crippen LogP contribution in [-0.4, -0.2) is 39.5 Å². The molecule has 2 aliphatic rings. The van der Waals surface area contributed by atoms with Crippen LogP contribution in [0.2, 0.25) is 0 Å². The lowest BCUT2D eigenvalue weighted by molar-refractivity contribution is -0.123. The first-order chi connectivity index (χ1) is 15.7. The van der Waals surface area contributed by atoms with Crippen molar-refractivity contribution < 1.29 is 14.4 Å². The molecule has 0 saturated carbocycles. The summed E-state index contributed by atoms with van der Waals surface area (Å²) in [6.07, 6.45) is 0.754. The van der Waals surface area contributed by atoms with Crippen molar-refractivity contribution in [2.75, 3.05) is 16.8 Å². The Bertz CT molecular complexity index is 1220. The van der Waals surface area contributed by atoms with Gasteiger partial charge in [-0.05, 0) is 50.5 Å². The largest absolute Gasteiger partial charge is 0.324 e. The first-order valence-corrected chi connectivity index (χ1v) is 12.0. The highest BCUT2D eigenvalue weighted by molar-refractivity contribution is 8.26. The van der Waals surface area contributed by atoms with Crippen LogP contribution in [0.1, 0.15) is 37.0 Å². The molecule has 0 aromatic heterocycles. The zero-order chi connectivity index (χ0) is 23.9. The molecule has 1 N–H and O–H groups in total. The summed E-state index contributed by atoms with van der Waals surface area (Å²) < 4.78 is 0.452. The fourth-order valence-corrected chi connectivity index (χ4v) is 5.49. The van der Waals surface area contributed by atoms with Crippen LogP contribution in [0, 0.1) is 13.8 Å². The average Bonchev–Trinajstić information content (AvgIpc) is 3.22. The molecule has 0 radical (unpaired) electrons. The second-order valence-corrected chi connectivity index (χ2v) is 9.92. The van der Waals surface area contributed by atoms with Gasteiger partial charge in [0.15, 0.2) is 0 Å². The molecule has 2 aliphatic heterocycles. The predicted molar refractivity (Wildman–Crippen MR) is 137 cm³/mol. The molecule has 33 heavy (non-hydrogen) atoms. The zero-order valence-electron chi connectivity index (χ0n) is 19.0. The molecule has 1 atom stereocenters. The Balaban J connectivity index is 1.66. The number of rotatable bonds is 5. The molecule has 1 saturated heterocycles. The third-order valence-corrected chi connectivity index (χ3v) is 7.35. The standard InChI is InChI=1S/C25H25N3O3S2/c1-5-16(4)28-24(31)22(33-25(28)32)21-17-8-6-7-9-19(17)27(23(21)30)13-20(29)26-18-12-14(2)10-11-15(18)3/h6-12,16H,5,13H2,1-4H3,(H,26,29)/b22-21-. The van der Waals surface area contributed by atoms with E-state index in [1.54, 1.807) is 17.0 Å². The quantitative estimate of drug-likeness (QED) is 0.499. The van der Waals surface area contributed by atoms with E-state index in [0.29, 0.717) is 26.0 Å². The number of benzene rings is 2. The highest BCUT2D eigenvalue weighted by atomic mass is 32.2. The minimum atomic E-state index is -0.364. The van der Waals surface area contributed by atoms with Crippen molar-refractivity contribution in [2.45, 2.75) is 40.2 Å². The fraction of sp³-hybridized carbons (Fsp3) is 0.280. The van der Waals surface area contributed by atoms with E-state index in [1.807, 2.05) is 58.0 Å². The topological polar surface area (TPSA) is 69.7 Å². The second-order valence-electron chi connectivity index (χ2n) is 8.28. The molecule has 1 fully saturated rings. The Morgan fingerprint density at radius 2 is 1.85 bits per heavy atom. The zero-order valence-corrected chi connectivity index (χ0v) is 20.6. The van der Waals surface area contributed by atoms with Gasteiger partial charge in [0.1, 0.15) is 10.9 Å². The van der Waals surface area contributed by atoms with Gasteiger partial charge < -0.3 is 5.32 Å². The maximum absolute atomic E-state index is 13.5. The van der Waals surface area contributed by atoms with Crippen molar-refractivity contribution in [2.24, 2.45) is 0 Å². The summed E-state index contributed by atoms with van der Waals surface area (Å²) >= 11 is 6.61. The molecule has 4 rings (SSSR count). The molecular weight excluding hydrogens is 454 g/mol. The number of hydrogen-bond acceptors (Lipinski definition) is 5. The number of aryl methyl sites for hydroxylation is 2. The van der Waals surface area contributed by atoms with E-state index in [1.165, 1.54) is 4.90 Å². The monoisotopic (exact) mass is 479 g/mol. The molecule has 2 aromatic carbocycles. The van der Waals surface area contributed by atoms with Gasteiger partial charge in [-0.2, -0.15) is 0 Å². The van der Waals surface area contributed by atoms with Crippen molar-refractivity contribution in [1.29, 1.82) is 0 Å². The van der Waals surface area contributed by atoms with Crippen molar-refractivity contribution in [3.05, 3.63) is 64.1 Å². The van der Waals surface area contributed by atoms with Gasteiger partial charge in [0.2, 0.25) is 5.91 Å². The van der Waals surface area contributed by atoms with Crippen LogP contribution >= 0.6 is 24.0 Å². The number of fused-ring (bicyclic) bond motifs is 1. The Morgan fingerprint density at radius 3 is 2.58 bits per heavy atom. The van der Waals surface area contributed by atoms with Gasteiger partial charge in [-0.15, -0.1) is 0 Å². The van der Waals surface area contributed by atoms with Crippen LogP contribution < -0.4 is 10.2 Å². The second kappa shape index (κ2) is 9.11. The average molecular weight is 480 g/mol. The molecule has 0 spiro atoms. The fourth-order valence-electron chi connectivity index (χ4n) is 3.95. The van der Waals surface area contributed by atoms with Crippen LogP contribution in [0.4, 0.5) is 11.4 Å². The highest BCUT2D eigenvalue weighted by Gasteiger charge is 2.43. The number of amides is 3. The number of para-hydroxylation sites is 1. The van der Waals surface area contributed by atoms with E-state index < -0.39 is 0 Å². The SMILES string of the molecule is CCC(C)N1C(=O)/C(=C2/C(=O)N(CC(=O)Nc3cc(C)ccc3C)c3ccccc32)SC1=S.